The van der Waals surface area contributed by atoms with Crippen LogP contribution in [0.5, 0.6) is 0 Å². The molecule has 2 aromatic heterocycles. The van der Waals surface area contributed by atoms with Gasteiger partial charge in [0, 0.05) is 16.1 Å². The number of rotatable bonds is 6. The third kappa shape index (κ3) is 4.41. The summed E-state index contributed by atoms with van der Waals surface area (Å²) in [7, 11) is 0. The van der Waals surface area contributed by atoms with Gasteiger partial charge < -0.3 is 10.1 Å². The molecule has 31 heavy (non-hydrogen) atoms. The molecule has 0 saturated heterocycles. The van der Waals surface area contributed by atoms with Gasteiger partial charge >= 0.3 is 5.97 Å². The average Bonchev–Trinajstić information content (AvgIpc) is 3.08. The summed E-state index contributed by atoms with van der Waals surface area (Å²) in [5.74, 6) is 0.650. The van der Waals surface area contributed by atoms with Crippen molar-refractivity contribution < 1.29 is 13.9 Å². The van der Waals surface area contributed by atoms with Crippen molar-refractivity contribution in [2.75, 3.05) is 11.9 Å². The Balaban J connectivity index is 1.78. The van der Waals surface area contributed by atoms with Crippen LogP contribution < -0.4 is 5.32 Å². The molecular weight excluding hydrogens is 413 g/mol. The third-order valence-corrected chi connectivity index (χ3v) is 5.77. The Bertz CT molecular complexity index is 1250. The van der Waals surface area contributed by atoms with E-state index in [1.54, 1.807) is 41.7 Å². The van der Waals surface area contributed by atoms with E-state index in [-0.39, 0.29) is 11.8 Å². The summed E-state index contributed by atoms with van der Waals surface area (Å²) in [6, 6.07) is 13.6. The van der Waals surface area contributed by atoms with Crippen molar-refractivity contribution in [2.45, 2.75) is 27.2 Å². The van der Waals surface area contributed by atoms with Crippen LogP contribution in [0.2, 0.25) is 0 Å². The number of aryl methyl sites for hydroxylation is 2. The second-order valence-corrected chi connectivity index (χ2v) is 8.38. The van der Waals surface area contributed by atoms with Gasteiger partial charge in [-0.15, -0.1) is 11.3 Å². The number of carbonyl (C=O) groups is 1. The van der Waals surface area contributed by atoms with Crippen LogP contribution in [0.3, 0.4) is 0 Å². The first-order valence-electron chi connectivity index (χ1n) is 10.0. The standard InChI is InChI=1S/C24H22FN3O2S/c1-4-12-30-24(29)17-6-5-7-19(13-17)28-22-21-20(16-8-10-18(25)11-9-16)14(2)31-23(21)27-15(3)26-22/h5-11,13H,4,12H2,1-3H3,(H,26,27,28). The quantitative estimate of drug-likeness (QED) is 0.354. The Morgan fingerprint density at radius 3 is 2.65 bits per heavy atom. The molecule has 0 fully saturated rings. The Hall–Kier alpha value is -3.32. The molecule has 0 bridgehead atoms. The summed E-state index contributed by atoms with van der Waals surface area (Å²) >= 11 is 1.57. The van der Waals surface area contributed by atoms with Gasteiger partial charge in [0.1, 0.15) is 22.3 Å². The molecule has 2 aromatic carbocycles. The number of fused-ring (bicyclic) bond motifs is 1. The molecule has 0 spiro atoms. The predicted octanol–water partition coefficient (Wildman–Crippen LogP) is 6.42. The van der Waals surface area contributed by atoms with Gasteiger partial charge in [0.05, 0.1) is 17.6 Å². The zero-order chi connectivity index (χ0) is 22.0. The SMILES string of the molecule is CCCOC(=O)c1cccc(Nc2nc(C)nc3sc(C)c(-c4ccc(F)cc4)c23)c1. The van der Waals surface area contributed by atoms with Crippen molar-refractivity contribution >= 4 is 39.0 Å². The molecule has 0 atom stereocenters. The zero-order valence-electron chi connectivity index (χ0n) is 17.5. The predicted molar refractivity (Wildman–Crippen MR) is 123 cm³/mol. The normalized spacial score (nSPS) is 11.0. The van der Waals surface area contributed by atoms with Crippen molar-refractivity contribution in [3.63, 3.8) is 0 Å². The van der Waals surface area contributed by atoms with E-state index in [1.165, 1.54) is 12.1 Å². The number of halogens is 1. The average molecular weight is 436 g/mol. The largest absolute Gasteiger partial charge is 0.462 e. The fourth-order valence-corrected chi connectivity index (χ4v) is 4.50. The number of esters is 1. The molecule has 0 aliphatic heterocycles. The van der Waals surface area contributed by atoms with E-state index in [0.717, 1.165) is 38.3 Å². The van der Waals surface area contributed by atoms with Gasteiger partial charge in [-0.1, -0.05) is 25.1 Å². The summed E-state index contributed by atoms with van der Waals surface area (Å²) in [5.41, 5.74) is 3.07. The second kappa shape index (κ2) is 8.81. The Morgan fingerprint density at radius 1 is 1.13 bits per heavy atom. The number of nitrogens with one attached hydrogen (secondary N) is 1. The van der Waals surface area contributed by atoms with Crippen molar-refractivity contribution in [2.24, 2.45) is 0 Å². The molecule has 4 rings (SSSR count). The number of anilines is 2. The topological polar surface area (TPSA) is 64.1 Å². The van der Waals surface area contributed by atoms with Crippen molar-refractivity contribution in [3.8, 4) is 11.1 Å². The molecule has 0 aliphatic rings. The highest BCUT2D eigenvalue weighted by atomic mass is 32.1. The maximum atomic E-state index is 13.5. The molecule has 0 aliphatic carbocycles. The number of ether oxygens (including phenoxy) is 1. The van der Waals surface area contributed by atoms with Crippen LogP contribution >= 0.6 is 11.3 Å². The lowest BCUT2D eigenvalue weighted by molar-refractivity contribution is 0.0505. The molecule has 0 unspecified atom stereocenters. The Morgan fingerprint density at radius 2 is 1.90 bits per heavy atom. The lowest BCUT2D eigenvalue weighted by Crippen LogP contribution is -2.06. The molecule has 5 nitrogen and oxygen atoms in total. The Labute approximate surface area is 183 Å². The fourth-order valence-electron chi connectivity index (χ4n) is 3.41. The van der Waals surface area contributed by atoms with E-state index < -0.39 is 0 Å². The van der Waals surface area contributed by atoms with Crippen molar-refractivity contribution in [1.82, 2.24) is 9.97 Å². The molecule has 1 N–H and O–H groups in total. The van der Waals surface area contributed by atoms with Gasteiger partial charge in [-0.3, -0.25) is 0 Å². The molecule has 2 heterocycles. The van der Waals surface area contributed by atoms with Gasteiger partial charge in [0.15, 0.2) is 0 Å². The number of carbonyl (C=O) groups excluding carboxylic acids is 1. The van der Waals surface area contributed by atoms with Crippen LogP contribution in [0.1, 0.15) is 34.4 Å². The molecule has 0 saturated carbocycles. The Kier molecular flexibility index (Phi) is 5.95. The number of hydrogen-bond donors (Lipinski definition) is 1. The van der Waals surface area contributed by atoms with Gasteiger partial charge in [0.2, 0.25) is 0 Å². The molecule has 7 heteroatoms. The molecular formula is C24H22FN3O2S. The van der Waals surface area contributed by atoms with Crippen LogP contribution in [0.15, 0.2) is 48.5 Å². The highest BCUT2D eigenvalue weighted by Crippen LogP contribution is 2.41. The van der Waals surface area contributed by atoms with E-state index in [0.29, 0.717) is 23.8 Å². The smallest absolute Gasteiger partial charge is 0.338 e. The number of aromatic nitrogens is 2. The molecule has 0 radical (unpaired) electrons. The summed E-state index contributed by atoms with van der Waals surface area (Å²) < 4.78 is 18.7. The lowest BCUT2D eigenvalue weighted by atomic mass is 10.0. The highest BCUT2D eigenvalue weighted by molar-refractivity contribution is 7.19. The third-order valence-electron chi connectivity index (χ3n) is 4.77. The monoisotopic (exact) mass is 435 g/mol. The van der Waals surface area contributed by atoms with Gasteiger partial charge in [0.25, 0.3) is 0 Å². The number of thiophene rings is 1. The molecule has 158 valence electrons. The first-order chi connectivity index (χ1) is 15.0. The summed E-state index contributed by atoms with van der Waals surface area (Å²) in [6.45, 7) is 6.21. The maximum absolute atomic E-state index is 13.5. The van der Waals surface area contributed by atoms with Crippen LogP contribution in [0.4, 0.5) is 15.9 Å². The second-order valence-electron chi connectivity index (χ2n) is 7.18. The first-order valence-corrected chi connectivity index (χ1v) is 10.9. The zero-order valence-corrected chi connectivity index (χ0v) is 18.3. The minimum absolute atomic E-state index is 0.279. The van der Waals surface area contributed by atoms with Gasteiger partial charge in [-0.25, -0.2) is 19.2 Å². The minimum atomic E-state index is -0.354. The van der Waals surface area contributed by atoms with Crippen LogP contribution in [-0.2, 0) is 4.74 Å². The number of nitrogens with zero attached hydrogens (tertiary/aromatic N) is 2. The first kappa shape index (κ1) is 20.9. The van der Waals surface area contributed by atoms with Crippen LogP contribution in [0.25, 0.3) is 21.3 Å². The van der Waals surface area contributed by atoms with Crippen LogP contribution in [-0.4, -0.2) is 22.5 Å². The van der Waals surface area contributed by atoms with Crippen molar-refractivity contribution in [1.29, 1.82) is 0 Å². The van der Waals surface area contributed by atoms with E-state index in [9.17, 15) is 9.18 Å². The van der Waals surface area contributed by atoms with Gasteiger partial charge in [-0.05, 0) is 56.2 Å². The van der Waals surface area contributed by atoms with Crippen molar-refractivity contribution in [3.05, 3.63) is 70.6 Å². The number of benzene rings is 2. The fraction of sp³-hybridized carbons (Fsp3) is 0.208. The summed E-state index contributed by atoms with van der Waals surface area (Å²) in [6.07, 6.45) is 0.769. The van der Waals surface area contributed by atoms with E-state index in [4.69, 9.17) is 4.74 Å². The minimum Gasteiger partial charge on any atom is -0.462 e. The maximum Gasteiger partial charge on any atom is 0.338 e. The molecule has 4 aromatic rings. The van der Waals surface area contributed by atoms with E-state index in [2.05, 4.69) is 15.3 Å². The lowest BCUT2D eigenvalue weighted by Gasteiger charge is -2.11. The highest BCUT2D eigenvalue weighted by Gasteiger charge is 2.18. The summed E-state index contributed by atoms with van der Waals surface area (Å²) in [5, 5.41) is 4.22. The van der Waals surface area contributed by atoms with Crippen LogP contribution in [0, 0.1) is 19.7 Å². The van der Waals surface area contributed by atoms with E-state index >= 15 is 0 Å². The number of hydrogen-bond acceptors (Lipinski definition) is 6. The van der Waals surface area contributed by atoms with Gasteiger partial charge in [-0.2, -0.15) is 0 Å². The molecule has 0 amide bonds. The van der Waals surface area contributed by atoms with E-state index in [1.807, 2.05) is 26.8 Å². The summed E-state index contributed by atoms with van der Waals surface area (Å²) in [4.78, 5) is 23.4.